The van der Waals surface area contributed by atoms with Crippen molar-refractivity contribution < 1.29 is 5.11 Å². The maximum absolute atomic E-state index is 10.5. The number of hydrogen-bond donors (Lipinski definition) is 1. The summed E-state index contributed by atoms with van der Waals surface area (Å²) in [5, 5.41) is 10.5. The van der Waals surface area contributed by atoms with Crippen molar-refractivity contribution in [3.63, 3.8) is 0 Å². The van der Waals surface area contributed by atoms with Crippen LogP contribution in [0.4, 0.5) is 0 Å². The zero-order valence-corrected chi connectivity index (χ0v) is 9.32. The van der Waals surface area contributed by atoms with E-state index in [1.54, 1.807) is 0 Å². The van der Waals surface area contributed by atoms with Crippen LogP contribution in [0.2, 0.25) is 0 Å². The van der Waals surface area contributed by atoms with E-state index in [0.717, 1.165) is 38.0 Å². The minimum Gasteiger partial charge on any atom is -0.385 e. The molecule has 0 aliphatic carbocycles. The Hall–Kier alpha value is -0.860. The molecule has 0 amide bonds. The summed E-state index contributed by atoms with van der Waals surface area (Å²) >= 11 is 0. The molecule has 2 rings (SSSR count). The van der Waals surface area contributed by atoms with Crippen molar-refractivity contribution in [3.8, 4) is 0 Å². The molecule has 0 unspecified atom stereocenters. The molecule has 0 atom stereocenters. The molecule has 1 saturated heterocycles. The van der Waals surface area contributed by atoms with E-state index < -0.39 is 5.60 Å². The second kappa shape index (κ2) is 4.33. The molecule has 1 heterocycles. The first-order valence-electron chi connectivity index (χ1n) is 5.75. The van der Waals surface area contributed by atoms with E-state index in [1.165, 1.54) is 0 Å². The molecule has 1 aliphatic rings. The fourth-order valence-corrected chi connectivity index (χ4v) is 2.28. The molecule has 0 saturated carbocycles. The van der Waals surface area contributed by atoms with Crippen molar-refractivity contribution in [2.75, 3.05) is 19.6 Å². The first kappa shape index (κ1) is 10.7. The highest BCUT2D eigenvalue weighted by molar-refractivity contribution is 5.22. The second-order valence-corrected chi connectivity index (χ2v) is 4.33. The molecule has 0 bridgehead atoms. The lowest BCUT2D eigenvalue weighted by Gasteiger charge is -2.38. The van der Waals surface area contributed by atoms with Crippen LogP contribution >= 0.6 is 0 Å². The lowest BCUT2D eigenvalue weighted by atomic mass is 9.84. The van der Waals surface area contributed by atoms with Gasteiger partial charge in [0.1, 0.15) is 0 Å². The van der Waals surface area contributed by atoms with Gasteiger partial charge in [-0.05, 0) is 24.9 Å². The first-order chi connectivity index (χ1) is 7.24. The largest absolute Gasteiger partial charge is 0.385 e. The lowest BCUT2D eigenvalue weighted by Crippen LogP contribution is -2.42. The fourth-order valence-electron chi connectivity index (χ4n) is 2.28. The van der Waals surface area contributed by atoms with Crippen LogP contribution in [0.1, 0.15) is 25.3 Å². The van der Waals surface area contributed by atoms with Crippen LogP contribution in [-0.2, 0) is 5.60 Å². The zero-order valence-electron chi connectivity index (χ0n) is 9.32. The molecule has 82 valence electrons. The molecule has 1 fully saturated rings. The second-order valence-electron chi connectivity index (χ2n) is 4.33. The van der Waals surface area contributed by atoms with Gasteiger partial charge in [0.25, 0.3) is 0 Å². The maximum Gasteiger partial charge on any atom is 0.0920 e. The number of aliphatic hydroxyl groups is 1. The van der Waals surface area contributed by atoms with Gasteiger partial charge in [-0.3, -0.25) is 0 Å². The van der Waals surface area contributed by atoms with Gasteiger partial charge in [0.05, 0.1) is 5.60 Å². The Morgan fingerprint density at radius 2 is 1.80 bits per heavy atom. The number of hydrogen-bond acceptors (Lipinski definition) is 2. The van der Waals surface area contributed by atoms with Crippen molar-refractivity contribution in [1.29, 1.82) is 0 Å². The van der Waals surface area contributed by atoms with E-state index in [-0.39, 0.29) is 0 Å². The minimum absolute atomic E-state index is 0.590. The van der Waals surface area contributed by atoms with Crippen molar-refractivity contribution in [1.82, 2.24) is 4.90 Å². The van der Waals surface area contributed by atoms with Crippen molar-refractivity contribution >= 4 is 0 Å². The molecular formula is C13H19NO. The average Bonchev–Trinajstić information content (AvgIpc) is 2.31. The summed E-state index contributed by atoms with van der Waals surface area (Å²) in [6.07, 6.45) is 1.70. The van der Waals surface area contributed by atoms with Crippen molar-refractivity contribution in [2.24, 2.45) is 0 Å². The Bertz CT molecular complexity index is 302. The quantitative estimate of drug-likeness (QED) is 0.798. The predicted molar refractivity (Wildman–Crippen MR) is 61.7 cm³/mol. The van der Waals surface area contributed by atoms with Gasteiger partial charge >= 0.3 is 0 Å². The Kier molecular flexibility index (Phi) is 3.08. The molecule has 2 heteroatoms. The smallest absolute Gasteiger partial charge is 0.0920 e. The zero-order chi connectivity index (χ0) is 10.7. The van der Waals surface area contributed by atoms with E-state index in [1.807, 2.05) is 30.3 Å². The van der Waals surface area contributed by atoms with Crippen molar-refractivity contribution in [2.45, 2.75) is 25.4 Å². The molecule has 1 aromatic carbocycles. The van der Waals surface area contributed by atoms with Crippen LogP contribution in [0, 0.1) is 0 Å². The molecule has 0 spiro atoms. The van der Waals surface area contributed by atoms with Crippen LogP contribution in [0.5, 0.6) is 0 Å². The van der Waals surface area contributed by atoms with Gasteiger partial charge in [0.2, 0.25) is 0 Å². The van der Waals surface area contributed by atoms with Crippen LogP contribution in [-0.4, -0.2) is 29.6 Å². The number of rotatable bonds is 2. The third-order valence-corrected chi connectivity index (χ3v) is 3.44. The Morgan fingerprint density at radius 3 is 2.33 bits per heavy atom. The monoisotopic (exact) mass is 205 g/mol. The van der Waals surface area contributed by atoms with Gasteiger partial charge in [-0.15, -0.1) is 0 Å². The van der Waals surface area contributed by atoms with E-state index in [9.17, 15) is 5.11 Å². The number of piperidine rings is 1. The SMILES string of the molecule is CCN1CCC(O)(c2ccccc2)CC1. The van der Waals surface area contributed by atoms with Gasteiger partial charge in [-0.1, -0.05) is 37.3 Å². The minimum atomic E-state index is -0.590. The van der Waals surface area contributed by atoms with Gasteiger partial charge in [0, 0.05) is 13.1 Å². The maximum atomic E-state index is 10.5. The summed E-state index contributed by atoms with van der Waals surface area (Å²) in [7, 11) is 0. The molecule has 2 nitrogen and oxygen atoms in total. The molecule has 0 radical (unpaired) electrons. The molecule has 15 heavy (non-hydrogen) atoms. The highest BCUT2D eigenvalue weighted by Gasteiger charge is 2.33. The highest BCUT2D eigenvalue weighted by atomic mass is 16.3. The summed E-state index contributed by atoms with van der Waals surface area (Å²) in [5.74, 6) is 0. The molecular weight excluding hydrogens is 186 g/mol. The first-order valence-corrected chi connectivity index (χ1v) is 5.75. The summed E-state index contributed by atoms with van der Waals surface area (Å²) in [4.78, 5) is 2.39. The molecule has 1 aliphatic heterocycles. The van der Waals surface area contributed by atoms with Crippen molar-refractivity contribution in [3.05, 3.63) is 35.9 Å². The molecule has 1 N–H and O–H groups in total. The summed E-state index contributed by atoms with van der Waals surface area (Å²) in [6, 6.07) is 10.1. The Balaban J connectivity index is 2.10. The van der Waals surface area contributed by atoms with E-state index in [0.29, 0.717) is 0 Å². The van der Waals surface area contributed by atoms with Crippen LogP contribution in [0.25, 0.3) is 0 Å². The number of nitrogens with zero attached hydrogens (tertiary/aromatic N) is 1. The molecule has 0 aromatic heterocycles. The third kappa shape index (κ3) is 2.21. The standard InChI is InChI=1S/C13H19NO/c1-2-14-10-8-13(15,9-11-14)12-6-4-3-5-7-12/h3-7,15H,2,8-11H2,1H3. The average molecular weight is 205 g/mol. The third-order valence-electron chi connectivity index (χ3n) is 3.44. The van der Waals surface area contributed by atoms with Crippen LogP contribution in [0.15, 0.2) is 30.3 Å². The van der Waals surface area contributed by atoms with Gasteiger partial charge in [0.15, 0.2) is 0 Å². The van der Waals surface area contributed by atoms with Gasteiger partial charge in [-0.25, -0.2) is 0 Å². The fraction of sp³-hybridized carbons (Fsp3) is 0.538. The summed E-state index contributed by atoms with van der Waals surface area (Å²) < 4.78 is 0. The number of benzene rings is 1. The Morgan fingerprint density at radius 1 is 1.20 bits per heavy atom. The number of likely N-dealkylation sites (tertiary alicyclic amines) is 1. The van der Waals surface area contributed by atoms with Crippen LogP contribution < -0.4 is 0 Å². The van der Waals surface area contributed by atoms with Crippen LogP contribution in [0.3, 0.4) is 0 Å². The van der Waals surface area contributed by atoms with Gasteiger partial charge < -0.3 is 10.0 Å². The molecule has 1 aromatic rings. The summed E-state index contributed by atoms with van der Waals surface area (Å²) in [5.41, 5.74) is 0.480. The Labute approximate surface area is 91.5 Å². The summed E-state index contributed by atoms with van der Waals surface area (Å²) in [6.45, 7) is 5.27. The van der Waals surface area contributed by atoms with Gasteiger partial charge in [-0.2, -0.15) is 0 Å². The predicted octanol–water partition coefficient (Wildman–Crippen LogP) is 1.99. The highest BCUT2D eigenvalue weighted by Crippen LogP contribution is 2.32. The van der Waals surface area contributed by atoms with E-state index in [2.05, 4.69) is 11.8 Å². The van der Waals surface area contributed by atoms with E-state index in [4.69, 9.17) is 0 Å². The topological polar surface area (TPSA) is 23.5 Å². The van der Waals surface area contributed by atoms with E-state index >= 15 is 0 Å². The normalized spacial score (nSPS) is 21.5. The lowest BCUT2D eigenvalue weighted by molar-refractivity contribution is -0.0246.